The van der Waals surface area contributed by atoms with E-state index in [4.69, 9.17) is 10.5 Å². The fraction of sp³-hybridized carbons (Fsp3) is 0.571. The minimum atomic E-state index is -0.639. The maximum absolute atomic E-state index is 10.1. The van der Waals surface area contributed by atoms with Crippen LogP contribution in [-0.4, -0.2) is 6.29 Å². The molecule has 0 bridgehead atoms. The highest BCUT2D eigenvalue weighted by Gasteiger charge is 2.09. The molecule has 0 fully saturated rings. The number of nitrogens with zero attached hydrogens (tertiary/aromatic N) is 2. The van der Waals surface area contributed by atoms with Gasteiger partial charge in [-0.15, -0.1) is 0 Å². The van der Waals surface area contributed by atoms with Gasteiger partial charge in [0.25, 0.3) is 0 Å². The molecule has 1 unspecified atom stereocenters. The van der Waals surface area contributed by atoms with Gasteiger partial charge in [-0.1, -0.05) is 6.92 Å². The summed E-state index contributed by atoms with van der Waals surface area (Å²) in [6, 6.07) is 3.59. The Hall–Kier alpha value is -1.35. The molecule has 10 heavy (non-hydrogen) atoms. The second-order valence-corrected chi connectivity index (χ2v) is 2.16. The molecule has 0 aromatic carbocycles. The second-order valence-electron chi connectivity index (χ2n) is 2.16. The van der Waals surface area contributed by atoms with Crippen LogP contribution < -0.4 is 0 Å². The Kier molecular flexibility index (Phi) is 3.91. The third-order valence-corrected chi connectivity index (χ3v) is 1.15. The molecule has 0 amide bonds. The Morgan fingerprint density at radius 3 is 2.30 bits per heavy atom. The van der Waals surface area contributed by atoms with E-state index in [0.29, 0.717) is 6.42 Å². The van der Waals surface area contributed by atoms with Gasteiger partial charge in [-0.2, -0.15) is 10.5 Å². The number of nitriles is 2. The summed E-state index contributed by atoms with van der Waals surface area (Å²) in [5, 5.41) is 16.6. The van der Waals surface area contributed by atoms with Crippen molar-refractivity contribution in [3.8, 4) is 12.1 Å². The van der Waals surface area contributed by atoms with E-state index in [1.54, 1.807) is 19.1 Å². The monoisotopic (exact) mass is 136 g/mol. The van der Waals surface area contributed by atoms with Crippen LogP contribution in [0.5, 0.6) is 0 Å². The highest BCUT2D eigenvalue weighted by molar-refractivity contribution is 5.52. The molecule has 0 radical (unpaired) electrons. The molecule has 1 atom stereocenters. The molecule has 52 valence electrons. The van der Waals surface area contributed by atoms with Crippen LogP contribution in [0.1, 0.15) is 13.3 Å². The molecule has 0 aliphatic heterocycles. The normalized spacial score (nSPS) is 11.6. The van der Waals surface area contributed by atoms with Crippen molar-refractivity contribution in [1.29, 1.82) is 10.5 Å². The molecule has 0 saturated carbocycles. The molecule has 0 aliphatic rings. The minimum Gasteiger partial charge on any atom is -0.303 e. The lowest BCUT2D eigenvalue weighted by Crippen LogP contribution is -2.03. The number of hydrogen-bond donors (Lipinski definition) is 0. The molecule has 3 nitrogen and oxygen atoms in total. The van der Waals surface area contributed by atoms with Crippen LogP contribution >= 0.6 is 0 Å². The van der Waals surface area contributed by atoms with Gasteiger partial charge >= 0.3 is 0 Å². The quantitative estimate of drug-likeness (QED) is 0.541. The van der Waals surface area contributed by atoms with Crippen molar-refractivity contribution in [1.82, 2.24) is 0 Å². The van der Waals surface area contributed by atoms with Gasteiger partial charge in [0.05, 0.1) is 12.1 Å². The van der Waals surface area contributed by atoms with Crippen molar-refractivity contribution >= 4 is 6.29 Å². The number of aldehydes is 1. The maximum Gasteiger partial charge on any atom is 0.134 e. The van der Waals surface area contributed by atoms with Crippen LogP contribution in [0.2, 0.25) is 0 Å². The molecule has 0 spiro atoms. The van der Waals surface area contributed by atoms with E-state index in [1.807, 2.05) is 0 Å². The third-order valence-electron chi connectivity index (χ3n) is 1.15. The number of hydrogen-bond acceptors (Lipinski definition) is 3. The van der Waals surface area contributed by atoms with E-state index >= 15 is 0 Å². The predicted octanol–water partition coefficient (Wildman–Crippen LogP) is 0.875. The standard InChI is InChI=1S/C7H8N2O/c1-6(5-10)2-7(3-8)4-9/h5-7H,2H2,1H3. The zero-order valence-corrected chi connectivity index (χ0v) is 5.74. The fourth-order valence-electron chi connectivity index (χ4n) is 0.562. The second kappa shape index (κ2) is 4.52. The van der Waals surface area contributed by atoms with Crippen LogP contribution in [0.15, 0.2) is 0 Å². The van der Waals surface area contributed by atoms with Crippen LogP contribution in [0.4, 0.5) is 0 Å². The highest BCUT2D eigenvalue weighted by Crippen LogP contribution is 2.07. The van der Waals surface area contributed by atoms with Crippen molar-refractivity contribution in [3.63, 3.8) is 0 Å². The van der Waals surface area contributed by atoms with E-state index in [0.717, 1.165) is 6.29 Å². The van der Waals surface area contributed by atoms with Gasteiger partial charge in [0.15, 0.2) is 0 Å². The van der Waals surface area contributed by atoms with Gasteiger partial charge < -0.3 is 4.79 Å². The molecule has 0 aliphatic carbocycles. The van der Waals surface area contributed by atoms with Crippen molar-refractivity contribution in [3.05, 3.63) is 0 Å². The van der Waals surface area contributed by atoms with E-state index in [1.165, 1.54) is 0 Å². The van der Waals surface area contributed by atoms with E-state index in [9.17, 15) is 4.79 Å². The SMILES string of the molecule is CC(C=O)CC(C#N)C#N. The third kappa shape index (κ3) is 2.84. The molecule has 0 aromatic rings. The first-order chi connectivity index (χ1) is 4.74. The number of carbonyl (C=O) groups excluding carboxylic acids is 1. The first-order valence-electron chi connectivity index (χ1n) is 2.99. The summed E-state index contributed by atoms with van der Waals surface area (Å²) in [4.78, 5) is 10.1. The number of rotatable bonds is 3. The average molecular weight is 136 g/mol. The summed E-state index contributed by atoms with van der Waals surface area (Å²) >= 11 is 0. The number of carbonyl (C=O) groups is 1. The topological polar surface area (TPSA) is 64.7 Å². The van der Waals surface area contributed by atoms with Crippen molar-refractivity contribution < 1.29 is 4.79 Å². The molecular formula is C7H8N2O. The van der Waals surface area contributed by atoms with E-state index in [2.05, 4.69) is 0 Å². The van der Waals surface area contributed by atoms with Gasteiger partial charge in [-0.05, 0) is 6.42 Å². The molecule has 0 rings (SSSR count). The summed E-state index contributed by atoms with van der Waals surface area (Å²) < 4.78 is 0. The first-order valence-corrected chi connectivity index (χ1v) is 2.99. The fourth-order valence-corrected chi connectivity index (χ4v) is 0.562. The van der Waals surface area contributed by atoms with Crippen LogP contribution in [0, 0.1) is 34.5 Å². The Bertz CT molecular complexity index is 173. The van der Waals surface area contributed by atoms with Gasteiger partial charge in [0.1, 0.15) is 12.2 Å². The molecule has 0 saturated heterocycles. The highest BCUT2D eigenvalue weighted by atomic mass is 16.1. The van der Waals surface area contributed by atoms with Crippen molar-refractivity contribution in [2.24, 2.45) is 11.8 Å². The Labute approximate surface area is 59.9 Å². The van der Waals surface area contributed by atoms with E-state index in [-0.39, 0.29) is 5.92 Å². The van der Waals surface area contributed by atoms with Crippen LogP contribution in [-0.2, 0) is 4.79 Å². The van der Waals surface area contributed by atoms with Crippen LogP contribution in [0.3, 0.4) is 0 Å². The molecule has 0 aromatic heterocycles. The largest absolute Gasteiger partial charge is 0.303 e. The average Bonchev–Trinajstić information content (AvgIpc) is 1.99. The summed E-state index contributed by atoms with van der Waals surface area (Å²) in [7, 11) is 0. The predicted molar refractivity (Wildman–Crippen MR) is 34.6 cm³/mol. The zero-order valence-electron chi connectivity index (χ0n) is 5.74. The Balaban J connectivity index is 3.80. The molecule has 0 heterocycles. The maximum atomic E-state index is 10.1. The van der Waals surface area contributed by atoms with Gasteiger partial charge in [-0.3, -0.25) is 0 Å². The minimum absolute atomic E-state index is 0.190. The summed E-state index contributed by atoms with van der Waals surface area (Å²) in [5.74, 6) is -0.829. The lowest BCUT2D eigenvalue weighted by molar-refractivity contribution is -0.110. The van der Waals surface area contributed by atoms with Crippen molar-refractivity contribution in [2.45, 2.75) is 13.3 Å². The Morgan fingerprint density at radius 1 is 1.50 bits per heavy atom. The Morgan fingerprint density at radius 2 is 2.00 bits per heavy atom. The summed E-state index contributed by atoms with van der Waals surface area (Å²) in [5.41, 5.74) is 0. The molecule has 0 N–H and O–H groups in total. The van der Waals surface area contributed by atoms with E-state index < -0.39 is 5.92 Å². The lowest BCUT2D eigenvalue weighted by atomic mass is 10.00. The van der Waals surface area contributed by atoms with Gasteiger partial charge in [-0.25, -0.2) is 0 Å². The summed E-state index contributed by atoms with van der Waals surface area (Å²) in [6.45, 7) is 1.69. The first kappa shape index (κ1) is 8.65. The van der Waals surface area contributed by atoms with Gasteiger partial charge in [0, 0.05) is 5.92 Å². The van der Waals surface area contributed by atoms with Crippen molar-refractivity contribution in [2.75, 3.05) is 0 Å². The van der Waals surface area contributed by atoms with Crippen LogP contribution in [0.25, 0.3) is 0 Å². The summed E-state index contributed by atoms with van der Waals surface area (Å²) in [6.07, 6.45) is 1.10. The zero-order chi connectivity index (χ0) is 7.98. The lowest BCUT2D eigenvalue weighted by Gasteiger charge is -2.00. The molecule has 3 heteroatoms. The molecular weight excluding hydrogens is 128 g/mol. The smallest absolute Gasteiger partial charge is 0.134 e. The van der Waals surface area contributed by atoms with Gasteiger partial charge in [0.2, 0.25) is 0 Å².